The van der Waals surface area contributed by atoms with Gasteiger partial charge in [0.15, 0.2) is 17.5 Å². The molecule has 5 aromatic carbocycles. The fraction of sp³-hybridized carbons (Fsp3) is 0.133. The number of fused-ring (bicyclic) bond motifs is 4. The average Bonchev–Trinajstić information content (AvgIpc) is 3.65. The van der Waals surface area contributed by atoms with Crippen molar-refractivity contribution >= 4 is 27.9 Å². The fourth-order valence-corrected chi connectivity index (χ4v) is 7.63. The quantitative estimate of drug-likeness (QED) is 0.173. The first-order valence-electron chi connectivity index (χ1n) is 17.6. The second-order valence-electron chi connectivity index (χ2n) is 13.1. The third kappa shape index (κ3) is 5.05. The van der Waals surface area contributed by atoms with E-state index < -0.39 is 0 Å². The van der Waals surface area contributed by atoms with Crippen LogP contribution in [-0.2, 0) is 12.8 Å². The Hall–Kier alpha value is -6.07. The maximum Gasteiger partial charge on any atom is 0.164 e. The molecule has 242 valence electrons. The molecule has 0 saturated heterocycles. The highest BCUT2D eigenvalue weighted by atomic mass is 15.0. The molecule has 0 amide bonds. The number of hydrogen-bond acceptors (Lipinski definition) is 3. The summed E-state index contributed by atoms with van der Waals surface area (Å²) in [5, 5.41) is 2.66. The van der Waals surface area contributed by atoms with Crippen LogP contribution in [0.4, 0.5) is 0 Å². The van der Waals surface area contributed by atoms with Crippen LogP contribution in [0.3, 0.4) is 0 Å². The van der Waals surface area contributed by atoms with Crippen LogP contribution in [0.1, 0.15) is 42.3 Å². The van der Waals surface area contributed by atoms with Crippen LogP contribution in [0.25, 0.3) is 73.4 Å². The van der Waals surface area contributed by atoms with Gasteiger partial charge in [0.2, 0.25) is 0 Å². The molecule has 3 heterocycles. The van der Waals surface area contributed by atoms with Crippen LogP contribution >= 0.6 is 0 Å². The summed E-state index contributed by atoms with van der Waals surface area (Å²) >= 11 is 0. The molecule has 0 radical (unpaired) electrons. The van der Waals surface area contributed by atoms with Gasteiger partial charge in [-0.2, -0.15) is 0 Å². The molecule has 0 fully saturated rings. The van der Waals surface area contributed by atoms with E-state index in [4.69, 9.17) is 15.0 Å². The van der Waals surface area contributed by atoms with Crippen LogP contribution in [0.2, 0.25) is 0 Å². The molecule has 0 spiro atoms. The van der Waals surface area contributed by atoms with Crippen LogP contribution < -0.4 is 0 Å². The molecule has 9 rings (SSSR count). The second-order valence-corrected chi connectivity index (χ2v) is 13.1. The zero-order valence-corrected chi connectivity index (χ0v) is 28.3. The summed E-state index contributed by atoms with van der Waals surface area (Å²) in [6.45, 7) is 4.56. The predicted octanol–water partition coefficient (Wildman–Crippen LogP) is 11.0. The van der Waals surface area contributed by atoms with Gasteiger partial charge in [0, 0.05) is 50.2 Å². The minimum atomic E-state index is 0.657. The number of hydrogen-bond donors (Lipinski definition) is 0. The van der Waals surface area contributed by atoms with Crippen molar-refractivity contribution in [2.45, 2.75) is 39.5 Å². The van der Waals surface area contributed by atoms with E-state index in [1.54, 1.807) is 0 Å². The standard InChI is InChI=1S/C45H37N5/c1-3-16-39-30(2)37-28-38-36-25-13-14-26-40(36)49(34-22-11-6-12-23-34)42(38)29-41(37)50(39)35-24-15-21-33(27-35)45-47-43(31-17-7-4-8-18-31)46-44(48-45)32-19-9-5-10-20-32/h4-12,14-15,17-24,26-29H,3,13,16,25H2,1-2H3. The third-order valence-electron chi connectivity index (χ3n) is 9.98. The van der Waals surface area contributed by atoms with E-state index >= 15 is 0 Å². The molecule has 0 aliphatic heterocycles. The van der Waals surface area contributed by atoms with Crippen molar-refractivity contribution in [2.24, 2.45) is 0 Å². The number of allylic oxidation sites excluding steroid dienone is 1. The Kier molecular flexibility index (Phi) is 7.46. The summed E-state index contributed by atoms with van der Waals surface area (Å²) in [6.07, 6.45) is 8.79. The van der Waals surface area contributed by atoms with Gasteiger partial charge >= 0.3 is 0 Å². The molecular formula is C45H37N5. The van der Waals surface area contributed by atoms with Gasteiger partial charge in [0.25, 0.3) is 0 Å². The van der Waals surface area contributed by atoms with Gasteiger partial charge in [0.05, 0.1) is 11.0 Å². The lowest BCUT2D eigenvalue weighted by Gasteiger charge is -2.14. The lowest BCUT2D eigenvalue weighted by Crippen LogP contribution is -2.03. The summed E-state index contributed by atoms with van der Waals surface area (Å²) in [5.74, 6) is 1.98. The molecule has 0 N–H and O–H groups in total. The highest BCUT2D eigenvalue weighted by Gasteiger charge is 2.23. The Bertz CT molecular complexity index is 2480. The lowest BCUT2D eigenvalue weighted by molar-refractivity contribution is 0.845. The maximum absolute atomic E-state index is 5.04. The summed E-state index contributed by atoms with van der Waals surface area (Å²) in [7, 11) is 0. The molecular weight excluding hydrogens is 611 g/mol. The number of aromatic nitrogens is 5. The van der Waals surface area contributed by atoms with Gasteiger partial charge in [-0.15, -0.1) is 0 Å². The molecule has 0 unspecified atom stereocenters. The first kappa shape index (κ1) is 30.0. The summed E-state index contributed by atoms with van der Waals surface area (Å²) < 4.78 is 4.93. The van der Waals surface area contributed by atoms with Crippen molar-refractivity contribution in [3.8, 4) is 45.5 Å². The second kappa shape index (κ2) is 12.4. The van der Waals surface area contributed by atoms with E-state index in [0.717, 1.165) is 48.1 Å². The van der Waals surface area contributed by atoms with Crippen molar-refractivity contribution in [3.05, 3.63) is 156 Å². The Labute approximate surface area is 292 Å². The Morgan fingerprint density at radius 2 is 1.16 bits per heavy atom. The zero-order chi connectivity index (χ0) is 33.6. The maximum atomic E-state index is 5.04. The van der Waals surface area contributed by atoms with Crippen LogP contribution in [0, 0.1) is 6.92 Å². The molecule has 0 bridgehead atoms. The van der Waals surface area contributed by atoms with Gasteiger partial charge in [-0.3, -0.25) is 0 Å². The molecule has 1 aliphatic rings. The summed E-state index contributed by atoms with van der Waals surface area (Å²) in [6, 6.07) is 44.7. The number of benzene rings is 5. The van der Waals surface area contributed by atoms with E-state index in [-0.39, 0.29) is 0 Å². The van der Waals surface area contributed by atoms with Gasteiger partial charge in [-0.25, -0.2) is 15.0 Å². The zero-order valence-electron chi connectivity index (χ0n) is 28.3. The van der Waals surface area contributed by atoms with Gasteiger partial charge in [-0.1, -0.05) is 110 Å². The minimum Gasteiger partial charge on any atom is -0.313 e. The number of rotatable bonds is 7. The monoisotopic (exact) mass is 647 g/mol. The van der Waals surface area contributed by atoms with Crippen molar-refractivity contribution in [2.75, 3.05) is 0 Å². The molecule has 0 atom stereocenters. The Morgan fingerprint density at radius 1 is 0.580 bits per heavy atom. The SMILES string of the molecule is CCCc1c(C)c2cc3c4c(n(-c5ccccc5)c3cc2n1-c1cccc(-c2nc(-c3ccccc3)nc(-c3ccccc3)n2)c1)C=CCC4. The lowest BCUT2D eigenvalue weighted by atomic mass is 9.99. The molecule has 5 heteroatoms. The smallest absolute Gasteiger partial charge is 0.164 e. The van der Waals surface area contributed by atoms with E-state index in [1.165, 1.54) is 50.0 Å². The van der Waals surface area contributed by atoms with E-state index in [2.05, 4.69) is 126 Å². The predicted molar refractivity (Wildman–Crippen MR) is 206 cm³/mol. The van der Waals surface area contributed by atoms with Crippen molar-refractivity contribution < 1.29 is 0 Å². The van der Waals surface area contributed by atoms with Crippen molar-refractivity contribution in [1.82, 2.24) is 24.1 Å². The Balaban J connectivity index is 1.27. The van der Waals surface area contributed by atoms with E-state index in [9.17, 15) is 0 Å². The first-order chi connectivity index (χ1) is 24.7. The van der Waals surface area contributed by atoms with Crippen LogP contribution in [0.15, 0.2) is 133 Å². The molecule has 1 aliphatic carbocycles. The molecule has 3 aromatic heterocycles. The van der Waals surface area contributed by atoms with Crippen molar-refractivity contribution in [1.29, 1.82) is 0 Å². The number of para-hydroxylation sites is 1. The molecule has 5 nitrogen and oxygen atoms in total. The van der Waals surface area contributed by atoms with Crippen LogP contribution in [-0.4, -0.2) is 24.1 Å². The topological polar surface area (TPSA) is 48.5 Å². The normalized spacial score (nSPS) is 12.5. The summed E-state index contributed by atoms with van der Waals surface area (Å²) in [5.41, 5.74) is 13.1. The summed E-state index contributed by atoms with van der Waals surface area (Å²) in [4.78, 5) is 15.0. The largest absolute Gasteiger partial charge is 0.313 e. The average molecular weight is 648 g/mol. The first-order valence-corrected chi connectivity index (χ1v) is 17.6. The van der Waals surface area contributed by atoms with Gasteiger partial charge in [0.1, 0.15) is 0 Å². The Morgan fingerprint density at radius 3 is 1.82 bits per heavy atom. The molecule has 50 heavy (non-hydrogen) atoms. The molecule has 8 aromatic rings. The van der Waals surface area contributed by atoms with E-state index in [1.807, 2.05) is 36.4 Å². The van der Waals surface area contributed by atoms with E-state index in [0.29, 0.717) is 17.5 Å². The van der Waals surface area contributed by atoms with Gasteiger partial charge in [-0.05, 0) is 79.8 Å². The fourth-order valence-electron chi connectivity index (χ4n) is 7.63. The number of nitrogens with zero attached hydrogens (tertiary/aromatic N) is 5. The highest BCUT2D eigenvalue weighted by Crippen LogP contribution is 2.40. The third-order valence-corrected chi connectivity index (χ3v) is 9.98. The molecule has 0 saturated carbocycles. The van der Waals surface area contributed by atoms with Crippen molar-refractivity contribution in [3.63, 3.8) is 0 Å². The minimum absolute atomic E-state index is 0.657. The van der Waals surface area contributed by atoms with Gasteiger partial charge < -0.3 is 9.13 Å². The number of aryl methyl sites for hydroxylation is 2. The van der Waals surface area contributed by atoms with Crippen LogP contribution in [0.5, 0.6) is 0 Å². The highest BCUT2D eigenvalue weighted by molar-refractivity contribution is 6.03.